The summed E-state index contributed by atoms with van der Waals surface area (Å²) >= 11 is 17.4. The predicted molar refractivity (Wildman–Crippen MR) is 89.8 cm³/mol. The number of amides is 1. The Morgan fingerprint density at radius 1 is 1.56 bits per heavy atom. The number of ether oxygens (including phenoxy) is 1. The molecule has 0 saturated carbocycles. The predicted octanol–water partition coefficient (Wildman–Crippen LogP) is 2.84. The van der Waals surface area contributed by atoms with Gasteiger partial charge in [-0.3, -0.25) is 4.79 Å². The van der Waals surface area contributed by atoms with E-state index in [-0.39, 0.29) is 24.7 Å². The van der Waals surface area contributed by atoms with Crippen molar-refractivity contribution in [3.63, 3.8) is 0 Å². The van der Waals surface area contributed by atoms with E-state index in [0.717, 1.165) is 6.20 Å². The van der Waals surface area contributed by atoms with Crippen molar-refractivity contribution in [3.05, 3.63) is 46.3 Å². The van der Waals surface area contributed by atoms with E-state index in [1.54, 1.807) is 6.92 Å². The van der Waals surface area contributed by atoms with Gasteiger partial charge in [0.1, 0.15) is 12.7 Å². The van der Waals surface area contributed by atoms with Crippen molar-refractivity contribution in [3.8, 4) is 0 Å². The molecule has 136 valence electrons. The lowest BCUT2D eigenvalue weighted by Crippen LogP contribution is -2.46. The number of alkyl halides is 3. The number of carbonyl (C=O) groups is 1. The molecule has 12 heteroatoms. The molecule has 2 aromatic heterocycles. The van der Waals surface area contributed by atoms with Crippen LogP contribution in [0.15, 0.2) is 29.0 Å². The largest absolute Gasteiger partial charge is 0.459 e. The van der Waals surface area contributed by atoms with E-state index in [9.17, 15) is 14.9 Å². The molecule has 1 atom stereocenters. The second kappa shape index (κ2) is 8.05. The number of halogens is 3. The lowest BCUT2D eigenvalue weighted by Gasteiger charge is -2.25. The summed E-state index contributed by atoms with van der Waals surface area (Å²) in [7, 11) is 0. The molecule has 1 amide bonds. The van der Waals surface area contributed by atoms with Gasteiger partial charge in [-0.05, 0) is 17.1 Å². The van der Waals surface area contributed by atoms with E-state index < -0.39 is 20.9 Å². The number of aromatic nitrogens is 2. The third kappa shape index (κ3) is 5.08. The van der Waals surface area contributed by atoms with Crippen LogP contribution in [0.4, 0.5) is 5.82 Å². The number of carbonyl (C=O) groups excluding carboxylic acids is 1. The summed E-state index contributed by atoms with van der Waals surface area (Å²) in [5.74, 6) is -0.374. The molecule has 0 spiro atoms. The maximum atomic E-state index is 12.0. The minimum absolute atomic E-state index is 0.0175. The molecule has 2 aromatic rings. The molecule has 0 aromatic carbocycles. The van der Waals surface area contributed by atoms with Crippen LogP contribution in [-0.2, 0) is 11.3 Å². The highest BCUT2D eigenvalue weighted by Crippen LogP contribution is 2.31. The molecule has 0 bridgehead atoms. The number of hydrogen-bond donors (Lipinski definition) is 1. The maximum Gasteiger partial charge on any atom is 0.342 e. The molecular formula is C13H13Cl3N4O5. The second-order valence-electron chi connectivity index (χ2n) is 4.82. The van der Waals surface area contributed by atoms with Crippen LogP contribution in [0.25, 0.3) is 0 Å². The third-order valence-corrected chi connectivity index (χ3v) is 3.72. The van der Waals surface area contributed by atoms with Gasteiger partial charge in [0.05, 0.1) is 12.9 Å². The van der Waals surface area contributed by atoms with Crippen LogP contribution < -0.4 is 5.32 Å². The number of nitrogens with zero attached hydrogens (tertiary/aromatic N) is 3. The highest BCUT2D eigenvalue weighted by Gasteiger charge is 2.36. The van der Waals surface area contributed by atoms with Gasteiger partial charge in [-0.15, -0.1) is 0 Å². The zero-order valence-electron chi connectivity index (χ0n) is 12.8. The fourth-order valence-electron chi connectivity index (χ4n) is 1.96. The molecule has 0 aliphatic heterocycles. The normalized spacial score (nSPS) is 12.8. The first-order valence-corrected chi connectivity index (χ1v) is 8.02. The van der Waals surface area contributed by atoms with Crippen LogP contribution in [0.5, 0.6) is 0 Å². The Kier molecular flexibility index (Phi) is 6.28. The summed E-state index contributed by atoms with van der Waals surface area (Å²) in [5.41, 5.74) is 0. The first kappa shape index (κ1) is 19.5. The highest BCUT2D eigenvalue weighted by molar-refractivity contribution is 6.68. The number of furan rings is 1. The Labute approximate surface area is 156 Å². The van der Waals surface area contributed by atoms with Crippen molar-refractivity contribution < 1.29 is 18.9 Å². The number of imidazole rings is 1. The quantitative estimate of drug-likeness (QED) is 0.324. The highest BCUT2D eigenvalue weighted by atomic mass is 35.6. The smallest absolute Gasteiger partial charge is 0.342 e. The molecule has 9 nitrogen and oxygen atoms in total. The summed E-state index contributed by atoms with van der Waals surface area (Å²) < 4.78 is 9.72. The summed E-state index contributed by atoms with van der Waals surface area (Å²) in [5, 5.41) is 13.3. The van der Waals surface area contributed by atoms with Gasteiger partial charge in [0.25, 0.3) is 5.91 Å². The zero-order chi connectivity index (χ0) is 18.6. The Balaban J connectivity index is 2.00. The van der Waals surface area contributed by atoms with Gasteiger partial charge in [0.15, 0.2) is 17.8 Å². The number of nitro groups is 1. The monoisotopic (exact) mass is 410 g/mol. The molecule has 2 rings (SSSR count). The van der Waals surface area contributed by atoms with Gasteiger partial charge >= 0.3 is 5.82 Å². The molecule has 0 saturated heterocycles. The number of hydrogen-bond acceptors (Lipinski definition) is 6. The van der Waals surface area contributed by atoms with E-state index >= 15 is 0 Å². The topological polar surface area (TPSA) is 112 Å². The van der Waals surface area contributed by atoms with Crippen molar-refractivity contribution in [1.29, 1.82) is 0 Å². The zero-order valence-corrected chi connectivity index (χ0v) is 15.1. The second-order valence-corrected chi connectivity index (χ2v) is 7.18. The molecule has 0 unspecified atom stereocenters. The van der Waals surface area contributed by atoms with E-state index in [2.05, 4.69) is 10.3 Å². The Bertz CT molecular complexity index is 741. The SMILES string of the molecule is Cc1ncc([N+](=O)[O-])n1CCO[C@H](NC(=O)c1ccco1)C(Cl)(Cl)Cl. The van der Waals surface area contributed by atoms with Crippen LogP contribution in [0.2, 0.25) is 0 Å². The molecule has 1 N–H and O–H groups in total. The van der Waals surface area contributed by atoms with Crippen molar-refractivity contribution in [2.45, 2.75) is 23.5 Å². The van der Waals surface area contributed by atoms with Crippen molar-refractivity contribution in [1.82, 2.24) is 14.9 Å². The molecule has 0 radical (unpaired) electrons. The van der Waals surface area contributed by atoms with Crippen LogP contribution in [0.1, 0.15) is 16.4 Å². The molecule has 0 aliphatic carbocycles. The van der Waals surface area contributed by atoms with Gasteiger partial charge in [-0.25, -0.2) is 9.55 Å². The fraction of sp³-hybridized carbons (Fsp3) is 0.385. The van der Waals surface area contributed by atoms with Gasteiger partial charge in [-0.2, -0.15) is 0 Å². The number of aryl methyl sites for hydroxylation is 1. The standard InChI is InChI=1S/C13H13Cl3N4O5/c1-8-17-7-10(20(22)23)19(8)4-6-25-12(13(14,15)16)18-11(21)9-3-2-5-24-9/h2-3,5,7,12H,4,6H2,1H3,(H,18,21)/t12-/m0/s1. The summed E-state index contributed by atoms with van der Waals surface area (Å²) in [6.07, 6.45) is 1.17. The Morgan fingerprint density at radius 3 is 2.84 bits per heavy atom. The third-order valence-electron chi connectivity index (χ3n) is 3.12. The molecule has 25 heavy (non-hydrogen) atoms. The van der Waals surface area contributed by atoms with E-state index in [1.807, 2.05) is 0 Å². The molecule has 0 aliphatic rings. The molecule has 0 fully saturated rings. The van der Waals surface area contributed by atoms with Gasteiger partial charge in [0.2, 0.25) is 3.79 Å². The van der Waals surface area contributed by atoms with Crippen molar-refractivity contribution in [2.24, 2.45) is 0 Å². The Morgan fingerprint density at radius 2 is 2.28 bits per heavy atom. The van der Waals surface area contributed by atoms with Crippen LogP contribution in [-0.4, -0.2) is 37.0 Å². The van der Waals surface area contributed by atoms with E-state index in [0.29, 0.717) is 5.82 Å². The fourth-order valence-corrected chi connectivity index (χ4v) is 2.31. The molecule has 2 heterocycles. The van der Waals surface area contributed by atoms with Crippen LogP contribution in [0, 0.1) is 17.0 Å². The minimum Gasteiger partial charge on any atom is -0.459 e. The Hall–Kier alpha value is -1.81. The summed E-state index contributed by atoms with van der Waals surface area (Å²) in [6, 6.07) is 2.96. The summed E-state index contributed by atoms with van der Waals surface area (Å²) in [6.45, 7) is 1.61. The number of nitrogens with one attached hydrogen (secondary N) is 1. The average molecular weight is 412 g/mol. The average Bonchev–Trinajstić information content (AvgIpc) is 3.15. The lowest BCUT2D eigenvalue weighted by atomic mass is 10.4. The maximum absolute atomic E-state index is 12.0. The summed E-state index contributed by atoms with van der Waals surface area (Å²) in [4.78, 5) is 26.2. The minimum atomic E-state index is -1.96. The van der Waals surface area contributed by atoms with Gasteiger partial charge < -0.3 is 24.6 Å². The van der Waals surface area contributed by atoms with Crippen LogP contribution in [0.3, 0.4) is 0 Å². The van der Waals surface area contributed by atoms with E-state index in [4.69, 9.17) is 44.0 Å². The van der Waals surface area contributed by atoms with E-state index in [1.165, 1.54) is 23.0 Å². The van der Waals surface area contributed by atoms with Crippen molar-refractivity contribution >= 4 is 46.5 Å². The van der Waals surface area contributed by atoms with Gasteiger partial charge in [0, 0.05) is 6.92 Å². The first-order valence-electron chi connectivity index (χ1n) is 6.89. The first-order chi connectivity index (χ1) is 11.7. The van der Waals surface area contributed by atoms with Gasteiger partial charge in [-0.1, -0.05) is 34.8 Å². The number of rotatable bonds is 7. The van der Waals surface area contributed by atoms with Crippen molar-refractivity contribution in [2.75, 3.05) is 6.61 Å². The van der Waals surface area contributed by atoms with Crippen LogP contribution >= 0.6 is 34.8 Å². The molecular weight excluding hydrogens is 399 g/mol. The lowest BCUT2D eigenvalue weighted by molar-refractivity contribution is -0.392.